The molecular weight excluding hydrogens is 156 g/mol. The van der Waals surface area contributed by atoms with Gasteiger partial charge in [-0.15, -0.1) is 11.6 Å². The standard InChI is InChI=1S/C10H21Cl/c1-5-9(8-11)7-10(3,4)6-2/h9H,5-8H2,1-4H3. The van der Waals surface area contributed by atoms with E-state index >= 15 is 0 Å². The predicted molar refractivity (Wildman–Crippen MR) is 53.2 cm³/mol. The van der Waals surface area contributed by atoms with Crippen LogP contribution in [0.4, 0.5) is 0 Å². The molecule has 0 heterocycles. The van der Waals surface area contributed by atoms with Crippen molar-refractivity contribution in [1.82, 2.24) is 0 Å². The number of hydrogen-bond donors (Lipinski definition) is 0. The van der Waals surface area contributed by atoms with Gasteiger partial charge < -0.3 is 0 Å². The molecule has 0 saturated heterocycles. The minimum Gasteiger partial charge on any atom is -0.126 e. The highest BCUT2D eigenvalue weighted by molar-refractivity contribution is 6.18. The third-order valence-electron chi connectivity index (χ3n) is 2.59. The summed E-state index contributed by atoms with van der Waals surface area (Å²) in [6.45, 7) is 9.12. The molecule has 0 rings (SSSR count). The summed E-state index contributed by atoms with van der Waals surface area (Å²) >= 11 is 5.83. The molecule has 0 aromatic heterocycles. The van der Waals surface area contributed by atoms with E-state index < -0.39 is 0 Å². The van der Waals surface area contributed by atoms with Gasteiger partial charge in [-0.25, -0.2) is 0 Å². The van der Waals surface area contributed by atoms with Crippen LogP contribution < -0.4 is 0 Å². The second-order valence-corrected chi connectivity index (χ2v) is 4.46. The summed E-state index contributed by atoms with van der Waals surface area (Å²) in [6, 6.07) is 0. The van der Waals surface area contributed by atoms with Gasteiger partial charge in [-0.3, -0.25) is 0 Å². The Bertz CT molecular complexity index is 93.0. The van der Waals surface area contributed by atoms with Gasteiger partial charge in [0, 0.05) is 5.88 Å². The van der Waals surface area contributed by atoms with Gasteiger partial charge in [-0.2, -0.15) is 0 Å². The Morgan fingerprint density at radius 3 is 2.09 bits per heavy atom. The molecule has 0 spiro atoms. The lowest BCUT2D eigenvalue weighted by molar-refractivity contribution is 0.265. The molecule has 1 atom stereocenters. The molecule has 0 aliphatic carbocycles. The van der Waals surface area contributed by atoms with E-state index in [4.69, 9.17) is 11.6 Å². The van der Waals surface area contributed by atoms with Crippen LogP contribution in [0.15, 0.2) is 0 Å². The highest BCUT2D eigenvalue weighted by Gasteiger charge is 2.19. The fourth-order valence-corrected chi connectivity index (χ4v) is 1.56. The summed E-state index contributed by atoms with van der Waals surface area (Å²) in [6.07, 6.45) is 3.73. The molecule has 0 aromatic carbocycles. The fourth-order valence-electron chi connectivity index (χ4n) is 1.23. The van der Waals surface area contributed by atoms with Gasteiger partial charge in [-0.05, 0) is 17.8 Å². The molecule has 0 aromatic rings. The van der Waals surface area contributed by atoms with Crippen molar-refractivity contribution in [2.45, 2.75) is 47.0 Å². The number of rotatable bonds is 5. The second-order valence-electron chi connectivity index (χ2n) is 4.15. The van der Waals surface area contributed by atoms with Crippen molar-refractivity contribution in [2.24, 2.45) is 11.3 Å². The van der Waals surface area contributed by atoms with Gasteiger partial charge >= 0.3 is 0 Å². The molecule has 0 nitrogen and oxygen atoms in total. The molecule has 0 bridgehead atoms. The third-order valence-corrected chi connectivity index (χ3v) is 3.03. The number of hydrogen-bond acceptors (Lipinski definition) is 0. The maximum atomic E-state index is 5.83. The highest BCUT2D eigenvalue weighted by Crippen LogP contribution is 2.30. The average Bonchev–Trinajstić information content (AvgIpc) is 2.00. The van der Waals surface area contributed by atoms with Crippen LogP contribution in [0.5, 0.6) is 0 Å². The molecule has 0 aliphatic heterocycles. The summed E-state index contributed by atoms with van der Waals surface area (Å²) < 4.78 is 0. The lowest BCUT2D eigenvalue weighted by Crippen LogP contribution is -2.16. The zero-order valence-electron chi connectivity index (χ0n) is 8.28. The van der Waals surface area contributed by atoms with Gasteiger partial charge in [0.25, 0.3) is 0 Å². The molecule has 0 aliphatic rings. The van der Waals surface area contributed by atoms with Crippen molar-refractivity contribution < 1.29 is 0 Å². The minimum absolute atomic E-state index is 0.482. The first kappa shape index (κ1) is 11.3. The van der Waals surface area contributed by atoms with Crippen LogP contribution in [0, 0.1) is 11.3 Å². The Balaban J connectivity index is 3.79. The van der Waals surface area contributed by atoms with Crippen LogP contribution in [0.1, 0.15) is 47.0 Å². The van der Waals surface area contributed by atoms with Crippen molar-refractivity contribution in [3.05, 3.63) is 0 Å². The molecule has 11 heavy (non-hydrogen) atoms. The molecule has 0 amide bonds. The lowest BCUT2D eigenvalue weighted by Gasteiger charge is -2.26. The van der Waals surface area contributed by atoms with E-state index in [0.717, 1.165) is 5.88 Å². The van der Waals surface area contributed by atoms with E-state index in [9.17, 15) is 0 Å². The van der Waals surface area contributed by atoms with Crippen LogP contribution in [-0.4, -0.2) is 5.88 Å². The van der Waals surface area contributed by atoms with E-state index in [1.54, 1.807) is 0 Å². The monoisotopic (exact) mass is 176 g/mol. The van der Waals surface area contributed by atoms with Gasteiger partial charge in [0.15, 0.2) is 0 Å². The van der Waals surface area contributed by atoms with Crippen molar-refractivity contribution in [1.29, 1.82) is 0 Å². The Kier molecular flexibility index (Phi) is 5.16. The Hall–Kier alpha value is 0.290. The first-order valence-corrected chi connectivity index (χ1v) is 5.15. The summed E-state index contributed by atoms with van der Waals surface area (Å²) in [7, 11) is 0. The zero-order chi connectivity index (χ0) is 8.91. The maximum Gasteiger partial charge on any atom is 0.0251 e. The van der Waals surface area contributed by atoms with E-state index in [0.29, 0.717) is 11.3 Å². The zero-order valence-corrected chi connectivity index (χ0v) is 9.04. The SMILES string of the molecule is CCC(CCl)CC(C)(C)CC. The number of halogens is 1. The molecule has 0 saturated carbocycles. The van der Waals surface area contributed by atoms with Crippen LogP contribution in [0.2, 0.25) is 0 Å². The lowest BCUT2D eigenvalue weighted by atomic mass is 9.80. The van der Waals surface area contributed by atoms with Crippen molar-refractivity contribution in [3.63, 3.8) is 0 Å². The minimum atomic E-state index is 0.482. The van der Waals surface area contributed by atoms with Crippen molar-refractivity contribution in [2.75, 3.05) is 5.88 Å². The summed E-state index contributed by atoms with van der Waals surface area (Å²) in [5.41, 5.74) is 0.482. The fraction of sp³-hybridized carbons (Fsp3) is 1.00. The van der Waals surface area contributed by atoms with Gasteiger partial charge in [0.2, 0.25) is 0 Å². The normalized spacial score (nSPS) is 15.0. The molecule has 1 unspecified atom stereocenters. The third kappa shape index (κ3) is 4.68. The Morgan fingerprint density at radius 1 is 1.27 bits per heavy atom. The summed E-state index contributed by atoms with van der Waals surface area (Å²) in [5.74, 6) is 1.53. The molecule has 0 fully saturated rings. The summed E-state index contributed by atoms with van der Waals surface area (Å²) in [4.78, 5) is 0. The van der Waals surface area contributed by atoms with Crippen molar-refractivity contribution >= 4 is 11.6 Å². The molecule has 0 radical (unpaired) electrons. The molecular formula is C10H21Cl. The van der Waals surface area contributed by atoms with Gasteiger partial charge in [0.05, 0.1) is 0 Å². The smallest absolute Gasteiger partial charge is 0.0251 e. The number of alkyl halides is 1. The van der Waals surface area contributed by atoms with Crippen LogP contribution >= 0.6 is 11.6 Å². The van der Waals surface area contributed by atoms with E-state index in [2.05, 4.69) is 27.7 Å². The van der Waals surface area contributed by atoms with Crippen LogP contribution in [0.25, 0.3) is 0 Å². The van der Waals surface area contributed by atoms with Crippen LogP contribution in [0.3, 0.4) is 0 Å². The molecule has 1 heteroatoms. The van der Waals surface area contributed by atoms with E-state index in [1.165, 1.54) is 19.3 Å². The summed E-state index contributed by atoms with van der Waals surface area (Å²) in [5, 5.41) is 0. The van der Waals surface area contributed by atoms with Gasteiger partial charge in [-0.1, -0.05) is 40.5 Å². The van der Waals surface area contributed by atoms with Crippen LogP contribution in [-0.2, 0) is 0 Å². The maximum absolute atomic E-state index is 5.83. The molecule has 0 N–H and O–H groups in total. The Morgan fingerprint density at radius 2 is 1.82 bits per heavy atom. The highest BCUT2D eigenvalue weighted by atomic mass is 35.5. The first-order chi connectivity index (χ1) is 5.05. The van der Waals surface area contributed by atoms with Gasteiger partial charge in [0.1, 0.15) is 0 Å². The quantitative estimate of drug-likeness (QED) is 0.554. The largest absolute Gasteiger partial charge is 0.126 e. The molecule has 68 valence electrons. The Labute approximate surface area is 76.3 Å². The van der Waals surface area contributed by atoms with E-state index in [1.807, 2.05) is 0 Å². The average molecular weight is 177 g/mol. The second kappa shape index (κ2) is 5.03. The van der Waals surface area contributed by atoms with Crippen molar-refractivity contribution in [3.8, 4) is 0 Å². The first-order valence-electron chi connectivity index (χ1n) is 4.61. The predicted octanol–water partition coefficient (Wildman–Crippen LogP) is 4.08. The van der Waals surface area contributed by atoms with E-state index in [-0.39, 0.29) is 0 Å². The topological polar surface area (TPSA) is 0 Å².